The largest absolute Gasteiger partial charge is 0.478 e. The van der Waals surface area contributed by atoms with Gasteiger partial charge < -0.3 is 19.6 Å². The molecule has 0 spiro atoms. The molecule has 1 amide bonds. The van der Waals surface area contributed by atoms with Crippen molar-refractivity contribution < 1.29 is 32.9 Å². The lowest BCUT2D eigenvalue weighted by Gasteiger charge is -2.05. The Balaban J connectivity index is 1.87. The third-order valence-corrected chi connectivity index (χ3v) is 4.25. The number of carboxylic acid groups (broad SMARTS) is 1. The number of carbonyl (C=O) groups is 3. The van der Waals surface area contributed by atoms with Crippen molar-refractivity contribution in [1.82, 2.24) is 0 Å². The summed E-state index contributed by atoms with van der Waals surface area (Å²) in [4.78, 5) is 33.9. The van der Waals surface area contributed by atoms with Crippen molar-refractivity contribution in [2.45, 2.75) is 5.75 Å². The van der Waals surface area contributed by atoms with Crippen LogP contribution in [-0.2, 0) is 26.1 Å². The Kier molecular flexibility index (Phi) is 6.07. The van der Waals surface area contributed by atoms with E-state index in [2.05, 4.69) is 10.1 Å². The fraction of sp³-hybridized carbons (Fsp3) is 0.188. The van der Waals surface area contributed by atoms with Gasteiger partial charge in [-0.05, 0) is 36.4 Å². The Hall–Kier alpha value is -2.94. The van der Waals surface area contributed by atoms with Gasteiger partial charge in [0, 0.05) is 16.5 Å². The monoisotopic (exact) mass is 365 g/mol. The first-order chi connectivity index (χ1) is 11.9. The SMILES string of the molecule is COC(=O)c1ccc(CS(=O)CC(=O)Nc2ccc(C(=O)O)cc2)o1. The van der Waals surface area contributed by atoms with Crippen LogP contribution in [0.2, 0.25) is 0 Å². The van der Waals surface area contributed by atoms with E-state index >= 15 is 0 Å². The van der Waals surface area contributed by atoms with E-state index in [0.717, 1.165) is 0 Å². The van der Waals surface area contributed by atoms with Crippen LogP contribution in [0.25, 0.3) is 0 Å². The van der Waals surface area contributed by atoms with E-state index in [1.807, 2.05) is 0 Å². The second-order valence-electron chi connectivity index (χ2n) is 4.92. The third kappa shape index (κ3) is 5.28. The molecule has 1 atom stereocenters. The van der Waals surface area contributed by atoms with E-state index in [9.17, 15) is 18.6 Å². The summed E-state index contributed by atoms with van der Waals surface area (Å²) < 4.78 is 21.7. The number of benzene rings is 1. The summed E-state index contributed by atoms with van der Waals surface area (Å²) in [6, 6.07) is 8.49. The number of amides is 1. The predicted molar refractivity (Wildman–Crippen MR) is 88.8 cm³/mol. The van der Waals surface area contributed by atoms with Crippen molar-refractivity contribution in [3.8, 4) is 0 Å². The summed E-state index contributed by atoms with van der Waals surface area (Å²) in [6.45, 7) is 0. The molecule has 2 rings (SSSR count). The molecule has 0 radical (unpaired) electrons. The van der Waals surface area contributed by atoms with Crippen molar-refractivity contribution >= 4 is 34.3 Å². The van der Waals surface area contributed by atoms with Crippen LogP contribution in [-0.4, -0.2) is 40.0 Å². The molecule has 0 aliphatic heterocycles. The summed E-state index contributed by atoms with van der Waals surface area (Å²) in [5.74, 6) is -2.18. The molecule has 1 heterocycles. The van der Waals surface area contributed by atoms with Gasteiger partial charge in [-0.2, -0.15) is 0 Å². The van der Waals surface area contributed by atoms with Gasteiger partial charge in [0.25, 0.3) is 0 Å². The molecule has 8 nitrogen and oxygen atoms in total. The van der Waals surface area contributed by atoms with Crippen LogP contribution >= 0.6 is 0 Å². The van der Waals surface area contributed by atoms with Gasteiger partial charge in [-0.3, -0.25) is 9.00 Å². The summed E-state index contributed by atoms with van der Waals surface area (Å²) >= 11 is 0. The highest BCUT2D eigenvalue weighted by atomic mass is 32.2. The zero-order valence-electron chi connectivity index (χ0n) is 13.2. The Morgan fingerprint density at radius 2 is 1.84 bits per heavy atom. The second kappa shape index (κ2) is 8.25. The molecule has 0 fully saturated rings. The van der Waals surface area contributed by atoms with Crippen LogP contribution in [0.5, 0.6) is 0 Å². The van der Waals surface area contributed by atoms with Crippen LogP contribution in [0, 0.1) is 0 Å². The lowest BCUT2D eigenvalue weighted by Crippen LogP contribution is -2.20. The van der Waals surface area contributed by atoms with Gasteiger partial charge in [-0.1, -0.05) is 0 Å². The number of anilines is 1. The van der Waals surface area contributed by atoms with Gasteiger partial charge in [-0.15, -0.1) is 0 Å². The lowest BCUT2D eigenvalue weighted by atomic mass is 10.2. The van der Waals surface area contributed by atoms with Gasteiger partial charge in [0.05, 0.1) is 18.4 Å². The summed E-state index contributed by atoms with van der Waals surface area (Å²) in [5.41, 5.74) is 0.499. The number of carbonyl (C=O) groups excluding carboxylic acids is 2. The van der Waals surface area contributed by atoms with Crippen molar-refractivity contribution in [3.63, 3.8) is 0 Å². The van der Waals surface area contributed by atoms with Crippen LogP contribution in [0.1, 0.15) is 26.7 Å². The first kappa shape index (κ1) is 18.4. The summed E-state index contributed by atoms with van der Waals surface area (Å²) in [6.07, 6.45) is 0. The van der Waals surface area contributed by atoms with Gasteiger partial charge in [0.2, 0.25) is 11.7 Å². The number of esters is 1. The fourth-order valence-corrected chi connectivity index (χ4v) is 2.85. The number of methoxy groups -OCH3 is 1. The zero-order chi connectivity index (χ0) is 18.4. The molecule has 9 heteroatoms. The number of hydrogen-bond donors (Lipinski definition) is 2. The fourth-order valence-electron chi connectivity index (χ4n) is 1.91. The maximum atomic E-state index is 12.0. The molecule has 0 bridgehead atoms. The highest BCUT2D eigenvalue weighted by molar-refractivity contribution is 7.84. The van der Waals surface area contributed by atoms with Crippen molar-refractivity contribution in [2.24, 2.45) is 0 Å². The minimum atomic E-state index is -1.54. The second-order valence-corrected chi connectivity index (χ2v) is 6.37. The Labute approximate surface area is 145 Å². The van der Waals surface area contributed by atoms with Gasteiger partial charge in [0.1, 0.15) is 11.5 Å². The zero-order valence-corrected chi connectivity index (χ0v) is 14.0. The molecule has 1 unspecified atom stereocenters. The maximum absolute atomic E-state index is 12.0. The maximum Gasteiger partial charge on any atom is 0.373 e. The number of ether oxygens (including phenoxy) is 1. The Morgan fingerprint density at radius 1 is 1.16 bits per heavy atom. The quantitative estimate of drug-likeness (QED) is 0.715. The van der Waals surface area contributed by atoms with Crippen LogP contribution in [0.3, 0.4) is 0 Å². The molecule has 2 aromatic rings. The number of hydrogen-bond acceptors (Lipinski definition) is 6. The van der Waals surface area contributed by atoms with E-state index in [1.54, 1.807) is 0 Å². The summed E-state index contributed by atoms with van der Waals surface area (Å²) in [7, 11) is -0.322. The predicted octanol–water partition coefficient (Wildman–Crippen LogP) is 1.65. The van der Waals surface area contributed by atoms with Crippen LogP contribution in [0.4, 0.5) is 5.69 Å². The summed E-state index contributed by atoms with van der Waals surface area (Å²) in [5, 5.41) is 11.3. The van der Waals surface area contributed by atoms with Crippen LogP contribution in [0.15, 0.2) is 40.8 Å². The Morgan fingerprint density at radius 3 is 2.44 bits per heavy atom. The number of nitrogens with one attached hydrogen (secondary N) is 1. The highest BCUT2D eigenvalue weighted by Crippen LogP contribution is 2.12. The molecule has 1 aromatic heterocycles. The minimum absolute atomic E-state index is 0.00234. The average Bonchev–Trinajstić information content (AvgIpc) is 3.02. The molecule has 0 saturated carbocycles. The molecular formula is C16H15NO7S. The molecule has 0 aliphatic carbocycles. The lowest BCUT2D eigenvalue weighted by molar-refractivity contribution is -0.113. The van der Waals surface area contributed by atoms with E-state index in [0.29, 0.717) is 11.4 Å². The van der Waals surface area contributed by atoms with E-state index in [-0.39, 0.29) is 22.8 Å². The minimum Gasteiger partial charge on any atom is -0.478 e. The van der Waals surface area contributed by atoms with Crippen molar-refractivity contribution in [1.29, 1.82) is 0 Å². The van der Waals surface area contributed by atoms with E-state index in [1.165, 1.54) is 43.5 Å². The highest BCUT2D eigenvalue weighted by Gasteiger charge is 2.15. The standard InChI is InChI=1S/C16H15NO7S/c1-23-16(21)13-7-6-12(24-13)8-25(22)9-14(18)17-11-4-2-10(3-5-11)15(19)20/h2-7H,8-9H2,1H3,(H,17,18)(H,19,20). The van der Waals surface area contributed by atoms with Crippen molar-refractivity contribution in [3.05, 3.63) is 53.5 Å². The first-order valence-corrected chi connectivity index (χ1v) is 8.53. The molecular weight excluding hydrogens is 350 g/mol. The van der Waals surface area contributed by atoms with E-state index < -0.39 is 28.6 Å². The first-order valence-electron chi connectivity index (χ1n) is 7.04. The van der Waals surface area contributed by atoms with Crippen LogP contribution < -0.4 is 5.32 Å². The number of aromatic carboxylic acids is 1. The van der Waals surface area contributed by atoms with Crippen molar-refractivity contribution in [2.75, 3.05) is 18.2 Å². The van der Waals surface area contributed by atoms with Gasteiger partial charge >= 0.3 is 11.9 Å². The number of carboxylic acids is 1. The number of furan rings is 1. The van der Waals surface area contributed by atoms with Gasteiger partial charge in [0.15, 0.2) is 0 Å². The normalized spacial score (nSPS) is 11.6. The number of rotatable bonds is 7. The topological polar surface area (TPSA) is 123 Å². The molecule has 25 heavy (non-hydrogen) atoms. The van der Waals surface area contributed by atoms with E-state index in [4.69, 9.17) is 9.52 Å². The third-order valence-electron chi connectivity index (χ3n) is 3.06. The van der Waals surface area contributed by atoms with Gasteiger partial charge in [-0.25, -0.2) is 9.59 Å². The molecule has 2 N–H and O–H groups in total. The molecule has 132 valence electrons. The molecule has 1 aromatic carbocycles. The smallest absolute Gasteiger partial charge is 0.373 e. The molecule has 0 saturated heterocycles. The molecule has 0 aliphatic rings. The average molecular weight is 365 g/mol. The Bertz CT molecular complexity index is 810.